The van der Waals surface area contributed by atoms with Gasteiger partial charge in [0.25, 0.3) is 11.6 Å². The van der Waals surface area contributed by atoms with Crippen molar-refractivity contribution >= 4 is 67.8 Å². The van der Waals surface area contributed by atoms with Gasteiger partial charge in [-0.2, -0.15) is 0 Å². The number of non-ortho nitro benzene ring substituents is 1. The molecule has 184 valence electrons. The van der Waals surface area contributed by atoms with Crippen molar-refractivity contribution in [3.63, 3.8) is 0 Å². The molecule has 0 spiro atoms. The lowest BCUT2D eigenvalue weighted by atomic mass is 10.1. The van der Waals surface area contributed by atoms with Gasteiger partial charge in [-0.15, -0.1) is 0 Å². The minimum Gasteiger partial charge on any atom is -0.493 e. The van der Waals surface area contributed by atoms with Crippen LogP contribution in [-0.2, 0) is 11.4 Å². The Labute approximate surface area is 224 Å². The fourth-order valence-corrected chi connectivity index (χ4v) is 4.74. The number of nitro groups is 1. The van der Waals surface area contributed by atoms with Crippen molar-refractivity contribution in [2.45, 2.75) is 13.5 Å². The van der Waals surface area contributed by atoms with Crippen molar-refractivity contribution < 1.29 is 19.2 Å². The molecule has 3 aromatic rings. The molecule has 0 unspecified atom stereocenters. The van der Waals surface area contributed by atoms with Gasteiger partial charge < -0.3 is 14.8 Å². The first-order chi connectivity index (χ1) is 17.2. The first-order valence-electron chi connectivity index (χ1n) is 10.5. The standard InChI is InChI=1S/C25H19BrClN3O5S/c1-14-19(27)7-4-8-20(14)28-25-29-24(31)23(36-25)11-16-10-21(34-2)22(12-18(16)26)35-13-15-5-3-6-17(9-15)30(32)33/h3-12H,13H2,1-2H3,(H,28,29,31)/b23-11+. The van der Waals surface area contributed by atoms with Crippen molar-refractivity contribution in [3.05, 3.63) is 95.8 Å². The first kappa shape index (κ1) is 25.7. The van der Waals surface area contributed by atoms with Gasteiger partial charge in [-0.3, -0.25) is 14.9 Å². The monoisotopic (exact) mass is 587 g/mol. The summed E-state index contributed by atoms with van der Waals surface area (Å²) in [5, 5.41) is 14.8. The molecule has 1 saturated heterocycles. The molecule has 0 atom stereocenters. The van der Waals surface area contributed by atoms with E-state index in [2.05, 4.69) is 26.2 Å². The molecule has 0 saturated carbocycles. The quantitative estimate of drug-likeness (QED) is 0.185. The first-order valence-corrected chi connectivity index (χ1v) is 12.5. The smallest absolute Gasteiger partial charge is 0.269 e. The second kappa shape index (κ2) is 11.2. The molecule has 1 fully saturated rings. The predicted molar refractivity (Wildman–Crippen MR) is 145 cm³/mol. The van der Waals surface area contributed by atoms with Crippen molar-refractivity contribution in [2.24, 2.45) is 4.99 Å². The van der Waals surface area contributed by atoms with Crippen LogP contribution in [0.15, 0.2) is 69.0 Å². The van der Waals surface area contributed by atoms with Crippen LogP contribution in [0.1, 0.15) is 16.7 Å². The maximum absolute atomic E-state index is 12.6. The molecule has 11 heteroatoms. The molecule has 8 nitrogen and oxygen atoms in total. The van der Waals surface area contributed by atoms with E-state index in [1.165, 1.54) is 31.0 Å². The number of rotatable bonds is 7. The Morgan fingerprint density at radius 2 is 1.97 bits per heavy atom. The summed E-state index contributed by atoms with van der Waals surface area (Å²) in [5.41, 5.74) is 2.85. The second-order valence-electron chi connectivity index (χ2n) is 7.61. The Hall–Kier alpha value is -3.34. The molecular weight excluding hydrogens is 570 g/mol. The zero-order valence-electron chi connectivity index (χ0n) is 19.1. The number of nitrogens with zero attached hydrogens (tertiary/aromatic N) is 2. The molecule has 1 amide bonds. The molecule has 1 aliphatic rings. The molecule has 1 heterocycles. The number of benzene rings is 3. The van der Waals surface area contributed by atoms with Crippen LogP contribution in [0.5, 0.6) is 11.5 Å². The number of halogens is 2. The maximum atomic E-state index is 12.6. The number of carbonyl (C=O) groups is 1. The Kier molecular flexibility index (Phi) is 7.97. The van der Waals surface area contributed by atoms with Crippen LogP contribution in [0.25, 0.3) is 6.08 Å². The van der Waals surface area contributed by atoms with E-state index >= 15 is 0 Å². The fraction of sp³-hybridized carbons (Fsp3) is 0.120. The van der Waals surface area contributed by atoms with Gasteiger partial charge in [0.15, 0.2) is 16.7 Å². The molecular formula is C25H19BrClN3O5S. The zero-order chi connectivity index (χ0) is 25.8. The van der Waals surface area contributed by atoms with Gasteiger partial charge in [-0.05, 0) is 65.7 Å². The number of carbonyl (C=O) groups excluding carboxylic acids is 1. The van der Waals surface area contributed by atoms with Crippen LogP contribution < -0.4 is 14.8 Å². The Bertz CT molecular complexity index is 1430. The largest absolute Gasteiger partial charge is 0.493 e. The SMILES string of the molecule is COc1cc(/C=C2/SC(=Nc3cccc(Cl)c3C)NC2=O)c(Br)cc1OCc1cccc([N+](=O)[O-])c1. The van der Waals surface area contributed by atoms with Gasteiger partial charge in [0, 0.05) is 21.6 Å². The van der Waals surface area contributed by atoms with E-state index in [0.717, 1.165) is 5.56 Å². The average molecular weight is 589 g/mol. The van der Waals surface area contributed by atoms with E-state index < -0.39 is 4.92 Å². The normalized spacial score (nSPS) is 15.3. The molecule has 0 aliphatic carbocycles. The maximum Gasteiger partial charge on any atom is 0.269 e. The third kappa shape index (κ3) is 5.89. The van der Waals surface area contributed by atoms with E-state index in [9.17, 15) is 14.9 Å². The highest BCUT2D eigenvalue weighted by Crippen LogP contribution is 2.37. The molecule has 0 bridgehead atoms. The van der Waals surface area contributed by atoms with Crippen LogP contribution in [0.2, 0.25) is 5.02 Å². The van der Waals surface area contributed by atoms with Gasteiger partial charge in [0.2, 0.25) is 0 Å². The third-order valence-corrected chi connectivity index (χ3v) is 7.20. The van der Waals surface area contributed by atoms with Gasteiger partial charge in [-0.25, -0.2) is 4.99 Å². The predicted octanol–water partition coefficient (Wildman–Crippen LogP) is 6.80. The van der Waals surface area contributed by atoms with Gasteiger partial charge >= 0.3 is 0 Å². The molecule has 0 radical (unpaired) electrons. The summed E-state index contributed by atoms with van der Waals surface area (Å²) in [4.78, 5) is 28.1. The van der Waals surface area contributed by atoms with Crippen LogP contribution in [0.4, 0.5) is 11.4 Å². The average Bonchev–Trinajstić information content (AvgIpc) is 3.20. The highest BCUT2D eigenvalue weighted by atomic mass is 79.9. The Morgan fingerprint density at radius 1 is 1.19 bits per heavy atom. The lowest BCUT2D eigenvalue weighted by molar-refractivity contribution is -0.384. The minimum atomic E-state index is -0.452. The van der Waals surface area contributed by atoms with Crippen LogP contribution >= 0.6 is 39.3 Å². The van der Waals surface area contributed by atoms with Crippen molar-refractivity contribution in [1.82, 2.24) is 5.32 Å². The topological polar surface area (TPSA) is 103 Å². The molecule has 1 N–H and O–H groups in total. The number of nitro benzene ring substituents is 1. The number of amides is 1. The highest BCUT2D eigenvalue weighted by Gasteiger charge is 2.25. The summed E-state index contributed by atoms with van der Waals surface area (Å²) in [6, 6.07) is 15.1. The van der Waals surface area contributed by atoms with Crippen molar-refractivity contribution in [1.29, 1.82) is 0 Å². The number of hydrogen-bond acceptors (Lipinski definition) is 7. The Morgan fingerprint density at radius 3 is 2.72 bits per heavy atom. The number of nitrogens with one attached hydrogen (secondary N) is 1. The summed E-state index contributed by atoms with van der Waals surface area (Å²) in [5.74, 6) is 0.623. The van der Waals surface area contributed by atoms with E-state index in [1.807, 2.05) is 13.0 Å². The number of aliphatic imine (C=N–C) groups is 1. The number of thioether (sulfide) groups is 1. The Balaban J connectivity index is 1.54. The number of amidine groups is 1. The summed E-state index contributed by atoms with van der Waals surface area (Å²) < 4.78 is 12.0. The van der Waals surface area contributed by atoms with Crippen LogP contribution in [0.3, 0.4) is 0 Å². The van der Waals surface area contributed by atoms with Crippen LogP contribution in [0, 0.1) is 17.0 Å². The van der Waals surface area contributed by atoms with Gasteiger partial charge in [0.05, 0.1) is 22.6 Å². The summed E-state index contributed by atoms with van der Waals surface area (Å²) in [7, 11) is 1.51. The molecule has 0 aromatic heterocycles. The molecule has 1 aliphatic heterocycles. The van der Waals surface area contributed by atoms with Gasteiger partial charge in [0.1, 0.15) is 6.61 Å². The van der Waals surface area contributed by atoms with E-state index in [-0.39, 0.29) is 18.2 Å². The second-order valence-corrected chi connectivity index (χ2v) is 9.90. The van der Waals surface area contributed by atoms with Crippen molar-refractivity contribution in [2.75, 3.05) is 7.11 Å². The molecule has 4 rings (SSSR count). The van der Waals surface area contributed by atoms with E-state index in [1.54, 1.807) is 42.5 Å². The number of ether oxygens (including phenoxy) is 2. The van der Waals surface area contributed by atoms with E-state index in [4.69, 9.17) is 21.1 Å². The third-order valence-electron chi connectivity index (χ3n) is 5.20. The summed E-state index contributed by atoms with van der Waals surface area (Å²) >= 11 is 10.9. The molecule has 3 aromatic carbocycles. The zero-order valence-corrected chi connectivity index (χ0v) is 22.2. The fourth-order valence-electron chi connectivity index (χ4n) is 3.30. The van der Waals surface area contributed by atoms with Crippen molar-refractivity contribution in [3.8, 4) is 11.5 Å². The lowest BCUT2D eigenvalue weighted by Crippen LogP contribution is -2.19. The summed E-state index contributed by atoms with van der Waals surface area (Å²) in [6.45, 7) is 1.98. The molecule has 36 heavy (non-hydrogen) atoms. The highest BCUT2D eigenvalue weighted by molar-refractivity contribution is 9.10. The van der Waals surface area contributed by atoms with Gasteiger partial charge in [-0.1, -0.05) is 45.7 Å². The number of hydrogen-bond donors (Lipinski definition) is 1. The van der Waals surface area contributed by atoms with E-state index in [0.29, 0.717) is 47.9 Å². The number of methoxy groups -OCH3 is 1. The lowest BCUT2D eigenvalue weighted by Gasteiger charge is -2.13. The minimum absolute atomic E-state index is 0.00742. The summed E-state index contributed by atoms with van der Waals surface area (Å²) in [6.07, 6.45) is 1.73. The van der Waals surface area contributed by atoms with Crippen LogP contribution in [-0.4, -0.2) is 23.1 Å².